The number of ether oxygens (including phenoxy) is 2. The van der Waals surface area contributed by atoms with Crippen LogP contribution in [0.1, 0.15) is 32.6 Å². The van der Waals surface area contributed by atoms with Crippen molar-refractivity contribution in [3.05, 3.63) is 24.3 Å². The number of carbonyl (C=O) groups excluding carboxylic acids is 1. The summed E-state index contributed by atoms with van der Waals surface area (Å²) in [7, 11) is 3.46. The number of rotatable bonds is 6. The third-order valence-corrected chi connectivity index (χ3v) is 4.68. The van der Waals surface area contributed by atoms with Crippen LogP contribution in [0.2, 0.25) is 0 Å². The van der Waals surface area contributed by atoms with Gasteiger partial charge in [-0.05, 0) is 44.0 Å². The maximum atomic E-state index is 12.6. The quantitative estimate of drug-likeness (QED) is 0.851. The van der Waals surface area contributed by atoms with E-state index in [9.17, 15) is 4.79 Å². The predicted octanol–water partition coefficient (Wildman–Crippen LogP) is 2.86. The summed E-state index contributed by atoms with van der Waals surface area (Å²) in [6.45, 7) is 3.01. The summed E-state index contributed by atoms with van der Waals surface area (Å²) >= 11 is 0. The van der Waals surface area contributed by atoms with Crippen molar-refractivity contribution < 1.29 is 14.3 Å². The molecule has 1 aromatic rings. The molecular formula is C18H29ClN2O3. The fourth-order valence-corrected chi connectivity index (χ4v) is 3.11. The SMILES string of the molecule is COc1ccc(OCCN(C)C(=O)C2CCCCC2(C)N)cc1.Cl. The number of halogens is 1. The van der Waals surface area contributed by atoms with E-state index in [0.29, 0.717) is 13.2 Å². The Labute approximate surface area is 150 Å². The van der Waals surface area contributed by atoms with Crippen molar-refractivity contribution in [2.45, 2.75) is 38.1 Å². The normalized spacial score (nSPS) is 23.1. The average Bonchev–Trinajstić information content (AvgIpc) is 2.54. The molecule has 0 radical (unpaired) electrons. The number of carbonyl (C=O) groups is 1. The topological polar surface area (TPSA) is 64.8 Å². The maximum absolute atomic E-state index is 12.6. The van der Waals surface area contributed by atoms with Crippen molar-refractivity contribution in [3.8, 4) is 11.5 Å². The molecule has 2 rings (SSSR count). The summed E-state index contributed by atoms with van der Waals surface area (Å²) in [4.78, 5) is 14.4. The van der Waals surface area contributed by atoms with Gasteiger partial charge in [0.05, 0.1) is 19.6 Å². The van der Waals surface area contributed by atoms with E-state index in [0.717, 1.165) is 37.2 Å². The number of likely N-dealkylation sites (N-methyl/N-ethyl adjacent to an activating group) is 1. The van der Waals surface area contributed by atoms with Crippen molar-refractivity contribution in [2.75, 3.05) is 27.3 Å². The van der Waals surface area contributed by atoms with Crippen LogP contribution in [0.25, 0.3) is 0 Å². The molecule has 0 aromatic heterocycles. The van der Waals surface area contributed by atoms with Gasteiger partial charge in [0.15, 0.2) is 0 Å². The zero-order valence-corrected chi connectivity index (χ0v) is 15.6. The minimum absolute atomic E-state index is 0. The molecule has 1 fully saturated rings. The highest BCUT2D eigenvalue weighted by molar-refractivity contribution is 5.85. The van der Waals surface area contributed by atoms with Crippen LogP contribution < -0.4 is 15.2 Å². The van der Waals surface area contributed by atoms with Crippen LogP contribution in [0.3, 0.4) is 0 Å². The number of amides is 1. The molecule has 1 aliphatic rings. The van der Waals surface area contributed by atoms with Gasteiger partial charge in [-0.3, -0.25) is 4.79 Å². The Morgan fingerprint density at radius 1 is 1.29 bits per heavy atom. The lowest BCUT2D eigenvalue weighted by atomic mass is 9.74. The fraction of sp³-hybridized carbons (Fsp3) is 0.611. The van der Waals surface area contributed by atoms with Crippen LogP contribution in [-0.4, -0.2) is 43.7 Å². The van der Waals surface area contributed by atoms with Crippen LogP contribution in [0.5, 0.6) is 11.5 Å². The zero-order chi connectivity index (χ0) is 16.9. The first-order chi connectivity index (χ1) is 10.9. The standard InChI is InChI=1S/C18H28N2O3.ClH/c1-18(19)11-5-4-6-16(18)17(21)20(2)12-13-23-15-9-7-14(22-3)8-10-15;/h7-10,16H,4-6,11-13,19H2,1-3H3;1H. The number of hydrogen-bond donors (Lipinski definition) is 1. The molecular weight excluding hydrogens is 328 g/mol. The van der Waals surface area contributed by atoms with E-state index in [1.165, 1.54) is 0 Å². The third kappa shape index (κ3) is 5.28. The summed E-state index contributed by atoms with van der Waals surface area (Å²) in [5.41, 5.74) is 5.93. The minimum atomic E-state index is -0.388. The van der Waals surface area contributed by atoms with Crippen molar-refractivity contribution >= 4 is 18.3 Å². The second-order valence-electron chi connectivity index (χ2n) is 6.59. The molecule has 2 N–H and O–H groups in total. The molecule has 6 heteroatoms. The summed E-state index contributed by atoms with van der Waals surface area (Å²) in [5.74, 6) is 1.62. The van der Waals surface area contributed by atoms with E-state index >= 15 is 0 Å². The summed E-state index contributed by atoms with van der Waals surface area (Å²) in [6.07, 6.45) is 4.00. The Balaban J connectivity index is 0.00000288. The Morgan fingerprint density at radius 3 is 2.50 bits per heavy atom. The van der Waals surface area contributed by atoms with Gasteiger partial charge in [0.2, 0.25) is 5.91 Å². The van der Waals surface area contributed by atoms with Crippen molar-refractivity contribution in [1.29, 1.82) is 0 Å². The molecule has 2 unspecified atom stereocenters. The van der Waals surface area contributed by atoms with Crippen LogP contribution in [0, 0.1) is 5.92 Å². The average molecular weight is 357 g/mol. The van der Waals surface area contributed by atoms with Gasteiger partial charge < -0.3 is 20.1 Å². The van der Waals surface area contributed by atoms with Gasteiger partial charge in [-0.1, -0.05) is 12.8 Å². The Morgan fingerprint density at radius 2 is 1.92 bits per heavy atom. The first-order valence-corrected chi connectivity index (χ1v) is 8.25. The fourth-order valence-electron chi connectivity index (χ4n) is 3.11. The zero-order valence-electron chi connectivity index (χ0n) is 14.8. The van der Waals surface area contributed by atoms with E-state index in [-0.39, 0.29) is 29.8 Å². The highest BCUT2D eigenvalue weighted by Crippen LogP contribution is 2.32. The van der Waals surface area contributed by atoms with Gasteiger partial charge in [-0.15, -0.1) is 12.4 Å². The number of nitrogens with two attached hydrogens (primary N) is 1. The van der Waals surface area contributed by atoms with Gasteiger partial charge in [-0.25, -0.2) is 0 Å². The molecule has 1 aliphatic carbocycles. The second-order valence-corrected chi connectivity index (χ2v) is 6.59. The van der Waals surface area contributed by atoms with Gasteiger partial charge in [-0.2, -0.15) is 0 Å². The molecule has 0 spiro atoms. The predicted molar refractivity (Wildman–Crippen MR) is 97.9 cm³/mol. The second kappa shape index (κ2) is 9.14. The largest absolute Gasteiger partial charge is 0.497 e. The van der Waals surface area contributed by atoms with Gasteiger partial charge in [0, 0.05) is 12.6 Å². The Bertz CT molecular complexity index is 520. The number of nitrogens with zero attached hydrogens (tertiary/aromatic N) is 1. The monoisotopic (exact) mass is 356 g/mol. The summed E-state index contributed by atoms with van der Waals surface area (Å²) < 4.78 is 10.8. The maximum Gasteiger partial charge on any atom is 0.227 e. The molecule has 0 bridgehead atoms. The molecule has 0 heterocycles. The highest BCUT2D eigenvalue weighted by atomic mass is 35.5. The number of methoxy groups -OCH3 is 1. The molecule has 5 nitrogen and oxygen atoms in total. The molecule has 0 saturated heterocycles. The van der Waals surface area contributed by atoms with Gasteiger partial charge in [0.1, 0.15) is 18.1 Å². The lowest BCUT2D eigenvalue weighted by Gasteiger charge is -2.39. The van der Waals surface area contributed by atoms with Crippen LogP contribution >= 0.6 is 12.4 Å². The van der Waals surface area contributed by atoms with Crippen LogP contribution in [-0.2, 0) is 4.79 Å². The smallest absolute Gasteiger partial charge is 0.227 e. The van der Waals surface area contributed by atoms with Gasteiger partial charge >= 0.3 is 0 Å². The van der Waals surface area contributed by atoms with E-state index < -0.39 is 0 Å². The summed E-state index contributed by atoms with van der Waals surface area (Å²) in [6, 6.07) is 7.43. The first kappa shape index (κ1) is 20.6. The van der Waals surface area contributed by atoms with Crippen LogP contribution in [0.15, 0.2) is 24.3 Å². The molecule has 0 aliphatic heterocycles. The van der Waals surface area contributed by atoms with Crippen molar-refractivity contribution in [1.82, 2.24) is 4.90 Å². The van der Waals surface area contributed by atoms with E-state index in [1.807, 2.05) is 38.2 Å². The molecule has 136 valence electrons. The first-order valence-electron chi connectivity index (χ1n) is 8.25. The third-order valence-electron chi connectivity index (χ3n) is 4.68. The van der Waals surface area contributed by atoms with E-state index in [4.69, 9.17) is 15.2 Å². The summed E-state index contributed by atoms with van der Waals surface area (Å²) in [5, 5.41) is 0. The molecule has 1 amide bonds. The molecule has 2 atom stereocenters. The Hall–Kier alpha value is -1.46. The lowest BCUT2D eigenvalue weighted by molar-refractivity contribution is -0.137. The van der Waals surface area contributed by atoms with E-state index in [2.05, 4.69) is 0 Å². The van der Waals surface area contributed by atoms with Crippen molar-refractivity contribution in [2.24, 2.45) is 11.7 Å². The molecule has 1 saturated carbocycles. The Kier molecular flexibility index (Phi) is 7.84. The lowest BCUT2D eigenvalue weighted by Crippen LogP contribution is -2.53. The highest BCUT2D eigenvalue weighted by Gasteiger charge is 2.38. The van der Waals surface area contributed by atoms with Crippen molar-refractivity contribution in [3.63, 3.8) is 0 Å². The number of benzene rings is 1. The molecule has 24 heavy (non-hydrogen) atoms. The van der Waals surface area contributed by atoms with E-state index in [1.54, 1.807) is 12.0 Å². The van der Waals surface area contributed by atoms with Crippen LogP contribution in [0.4, 0.5) is 0 Å². The molecule has 1 aromatic carbocycles. The van der Waals surface area contributed by atoms with Gasteiger partial charge in [0.25, 0.3) is 0 Å². The number of hydrogen-bond acceptors (Lipinski definition) is 4. The minimum Gasteiger partial charge on any atom is -0.497 e.